The van der Waals surface area contributed by atoms with E-state index in [1.165, 1.54) is 17.3 Å². The molecular formula is C23H28N4O2S. The Kier molecular flexibility index (Phi) is 7.15. The number of nitrogens with zero attached hydrogens (tertiary/aromatic N) is 3. The van der Waals surface area contributed by atoms with Gasteiger partial charge in [0, 0.05) is 12.7 Å². The molecule has 7 heteroatoms. The zero-order valence-corrected chi connectivity index (χ0v) is 18.9. The van der Waals surface area contributed by atoms with Crippen LogP contribution in [-0.2, 0) is 18.3 Å². The Morgan fingerprint density at radius 3 is 2.43 bits per heavy atom. The molecule has 0 aliphatic rings. The van der Waals surface area contributed by atoms with Crippen molar-refractivity contribution >= 4 is 23.4 Å². The van der Waals surface area contributed by atoms with Crippen LogP contribution in [-0.4, -0.2) is 26.4 Å². The van der Waals surface area contributed by atoms with Gasteiger partial charge in [-0.25, -0.2) is 0 Å². The summed E-state index contributed by atoms with van der Waals surface area (Å²) in [5.74, 6) is 1.69. The number of anilines is 1. The number of carbonyl (C=O) groups excluding carboxylic acids is 1. The maximum absolute atomic E-state index is 12.3. The molecule has 0 fully saturated rings. The van der Waals surface area contributed by atoms with Gasteiger partial charge in [0.15, 0.2) is 17.1 Å². The van der Waals surface area contributed by atoms with Crippen molar-refractivity contribution in [2.45, 2.75) is 45.4 Å². The maximum Gasteiger partial charge on any atom is 0.234 e. The van der Waals surface area contributed by atoms with E-state index in [4.69, 9.17) is 4.74 Å². The van der Waals surface area contributed by atoms with Crippen molar-refractivity contribution in [1.82, 2.24) is 14.8 Å². The van der Waals surface area contributed by atoms with Crippen LogP contribution in [0.5, 0.6) is 5.75 Å². The maximum atomic E-state index is 12.3. The number of carbonyl (C=O) groups is 1. The molecule has 0 aliphatic heterocycles. The van der Waals surface area contributed by atoms with Crippen molar-refractivity contribution in [3.8, 4) is 5.75 Å². The number of aromatic nitrogens is 3. The lowest BCUT2D eigenvalue weighted by molar-refractivity contribution is -0.113. The first-order chi connectivity index (χ1) is 14.4. The molecule has 0 saturated heterocycles. The number of nitrogens with one attached hydrogen (secondary N) is 1. The highest BCUT2D eigenvalue weighted by molar-refractivity contribution is 7.99. The van der Waals surface area contributed by atoms with Crippen LogP contribution in [0.1, 0.15) is 42.5 Å². The average Bonchev–Trinajstić information content (AvgIpc) is 3.06. The first-order valence-electron chi connectivity index (χ1n) is 10.0. The van der Waals surface area contributed by atoms with Crippen molar-refractivity contribution < 1.29 is 9.53 Å². The van der Waals surface area contributed by atoms with Gasteiger partial charge in [-0.3, -0.25) is 4.79 Å². The molecule has 1 amide bonds. The smallest absolute Gasteiger partial charge is 0.234 e. The van der Waals surface area contributed by atoms with Crippen LogP contribution < -0.4 is 10.1 Å². The SMILES string of the molecule is CCc1ccc(O[C@@H](C)c2nnc(SCC(=O)Nc3cc(C)cc(C)c3)n2C)cc1. The van der Waals surface area contributed by atoms with Gasteiger partial charge in [-0.05, 0) is 68.1 Å². The summed E-state index contributed by atoms with van der Waals surface area (Å²) in [6, 6.07) is 14.1. The van der Waals surface area contributed by atoms with Crippen molar-refractivity contribution in [2.75, 3.05) is 11.1 Å². The summed E-state index contributed by atoms with van der Waals surface area (Å²) in [5.41, 5.74) is 4.32. The van der Waals surface area contributed by atoms with E-state index in [0.717, 1.165) is 29.0 Å². The summed E-state index contributed by atoms with van der Waals surface area (Å²) < 4.78 is 7.88. The van der Waals surface area contributed by atoms with E-state index in [-0.39, 0.29) is 17.8 Å². The van der Waals surface area contributed by atoms with Gasteiger partial charge < -0.3 is 14.6 Å². The van der Waals surface area contributed by atoms with Crippen LogP contribution in [0, 0.1) is 13.8 Å². The molecule has 0 aliphatic carbocycles. The summed E-state index contributed by atoms with van der Waals surface area (Å²) in [5, 5.41) is 12.1. The molecule has 1 N–H and O–H groups in total. The van der Waals surface area contributed by atoms with Crippen molar-refractivity contribution in [3.63, 3.8) is 0 Å². The monoisotopic (exact) mass is 424 g/mol. The van der Waals surface area contributed by atoms with Gasteiger partial charge in [-0.15, -0.1) is 10.2 Å². The third kappa shape index (κ3) is 5.63. The van der Waals surface area contributed by atoms with Crippen molar-refractivity contribution in [2.24, 2.45) is 7.05 Å². The Morgan fingerprint density at radius 2 is 1.80 bits per heavy atom. The first kappa shape index (κ1) is 21.9. The Labute approximate surface area is 182 Å². The summed E-state index contributed by atoms with van der Waals surface area (Å²) in [7, 11) is 1.89. The quantitative estimate of drug-likeness (QED) is 0.523. The lowest BCUT2D eigenvalue weighted by atomic mass is 10.1. The summed E-state index contributed by atoms with van der Waals surface area (Å²) >= 11 is 1.35. The predicted octanol–water partition coefficient (Wildman–Crippen LogP) is 4.87. The Bertz CT molecular complexity index is 994. The first-order valence-corrected chi connectivity index (χ1v) is 11.0. The van der Waals surface area contributed by atoms with Crippen LogP contribution in [0.25, 0.3) is 0 Å². The number of hydrogen-bond acceptors (Lipinski definition) is 5. The molecule has 158 valence electrons. The second-order valence-electron chi connectivity index (χ2n) is 7.37. The van der Waals surface area contributed by atoms with E-state index in [1.54, 1.807) is 0 Å². The fourth-order valence-electron chi connectivity index (χ4n) is 3.24. The van der Waals surface area contributed by atoms with Crippen LogP contribution in [0.4, 0.5) is 5.69 Å². The predicted molar refractivity (Wildman–Crippen MR) is 121 cm³/mol. The van der Waals surface area contributed by atoms with E-state index < -0.39 is 0 Å². The highest BCUT2D eigenvalue weighted by Crippen LogP contribution is 2.24. The zero-order chi connectivity index (χ0) is 21.7. The third-order valence-electron chi connectivity index (χ3n) is 4.71. The number of amides is 1. The van der Waals surface area contributed by atoms with Crippen LogP contribution in [0.2, 0.25) is 0 Å². The molecule has 0 bridgehead atoms. The minimum absolute atomic E-state index is 0.0742. The van der Waals surface area contributed by atoms with Gasteiger partial charge in [-0.2, -0.15) is 0 Å². The molecule has 3 rings (SSSR count). The third-order valence-corrected chi connectivity index (χ3v) is 5.73. The van der Waals surface area contributed by atoms with E-state index >= 15 is 0 Å². The second-order valence-corrected chi connectivity index (χ2v) is 8.31. The van der Waals surface area contributed by atoms with Gasteiger partial charge in [0.05, 0.1) is 5.75 Å². The molecular weight excluding hydrogens is 396 g/mol. The number of benzene rings is 2. The standard InChI is InChI=1S/C23H28N4O2S/c1-6-18-7-9-20(10-8-18)29-17(4)22-25-26-23(27(22)5)30-14-21(28)24-19-12-15(2)11-16(3)13-19/h7-13,17H,6,14H2,1-5H3,(H,24,28)/t17-/m0/s1. The van der Waals surface area contributed by atoms with Crippen LogP contribution >= 0.6 is 11.8 Å². The second kappa shape index (κ2) is 9.80. The normalized spacial score (nSPS) is 11.9. The van der Waals surface area contributed by atoms with Gasteiger partial charge in [0.25, 0.3) is 0 Å². The largest absolute Gasteiger partial charge is 0.483 e. The fourth-order valence-corrected chi connectivity index (χ4v) is 3.96. The minimum atomic E-state index is -0.256. The molecule has 0 unspecified atom stereocenters. The van der Waals surface area contributed by atoms with E-state index in [1.807, 2.05) is 56.7 Å². The van der Waals surface area contributed by atoms with E-state index in [2.05, 4.69) is 40.6 Å². The topological polar surface area (TPSA) is 69.0 Å². The highest BCUT2D eigenvalue weighted by atomic mass is 32.2. The van der Waals surface area contributed by atoms with Gasteiger partial charge in [0.1, 0.15) is 5.75 Å². The number of thioether (sulfide) groups is 1. The molecule has 1 heterocycles. The molecule has 30 heavy (non-hydrogen) atoms. The number of rotatable bonds is 8. The Hall–Kier alpha value is -2.80. The fraction of sp³-hybridized carbons (Fsp3) is 0.348. The van der Waals surface area contributed by atoms with Crippen molar-refractivity contribution in [1.29, 1.82) is 0 Å². The summed E-state index contributed by atoms with van der Waals surface area (Å²) in [6.07, 6.45) is 0.741. The molecule has 0 saturated carbocycles. The Morgan fingerprint density at radius 1 is 1.13 bits per heavy atom. The van der Waals surface area contributed by atoms with Gasteiger partial charge in [-0.1, -0.05) is 36.9 Å². The van der Waals surface area contributed by atoms with Crippen LogP contribution in [0.3, 0.4) is 0 Å². The average molecular weight is 425 g/mol. The summed E-state index contributed by atoms with van der Waals surface area (Å²) in [6.45, 7) is 8.10. The number of ether oxygens (including phenoxy) is 1. The van der Waals surface area contributed by atoms with E-state index in [0.29, 0.717) is 11.0 Å². The highest BCUT2D eigenvalue weighted by Gasteiger charge is 2.18. The molecule has 6 nitrogen and oxygen atoms in total. The lowest BCUT2D eigenvalue weighted by Crippen LogP contribution is -2.15. The molecule has 1 atom stereocenters. The number of hydrogen-bond donors (Lipinski definition) is 1. The van der Waals surface area contributed by atoms with Crippen molar-refractivity contribution in [3.05, 3.63) is 65.0 Å². The zero-order valence-electron chi connectivity index (χ0n) is 18.1. The van der Waals surface area contributed by atoms with Gasteiger partial charge in [0.2, 0.25) is 5.91 Å². The Balaban J connectivity index is 1.58. The minimum Gasteiger partial charge on any atom is -0.483 e. The lowest BCUT2D eigenvalue weighted by Gasteiger charge is -2.14. The molecule has 0 radical (unpaired) electrons. The molecule has 1 aromatic heterocycles. The van der Waals surface area contributed by atoms with Gasteiger partial charge >= 0.3 is 0 Å². The molecule has 2 aromatic carbocycles. The summed E-state index contributed by atoms with van der Waals surface area (Å²) in [4.78, 5) is 12.3. The number of aryl methyl sites for hydroxylation is 3. The molecule has 3 aromatic rings. The van der Waals surface area contributed by atoms with Crippen LogP contribution in [0.15, 0.2) is 47.6 Å². The molecule has 0 spiro atoms. The van der Waals surface area contributed by atoms with E-state index in [9.17, 15) is 4.79 Å².